The highest BCUT2D eigenvalue weighted by molar-refractivity contribution is 6.22. The van der Waals surface area contributed by atoms with Crippen LogP contribution in [0.5, 0.6) is 11.5 Å². The highest BCUT2D eigenvalue weighted by Crippen LogP contribution is 2.40. The fourth-order valence-corrected chi connectivity index (χ4v) is 5.00. The lowest BCUT2D eigenvalue weighted by Gasteiger charge is -2.30. The number of fused-ring (bicyclic) bond motifs is 3. The predicted octanol–water partition coefficient (Wildman–Crippen LogP) is 3.84. The van der Waals surface area contributed by atoms with Gasteiger partial charge in [0.2, 0.25) is 0 Å². The largest absolute Gasteiger partial charge is 0.489 e. The van der Waals surface area contributed by atoms with Gasteiger partial charge in [-0.05, 0) is 100 Å². The third kappa shape index (κ3) is 3.84. The molecular weight excluding hydrogens is 376 g/mol. The number of likely N-dealkylation sites (N-methyl/N-ethyl adjacent to an activating group) is 2. The molecule has 2 aromatic rings. The lowest BCUT2D eigenvalue weighted by molar-refractivity contribution is 0.101. The Labute approximate surface area is 178 Å². The van der Waals surface area contributed by atoms with E-state index in [9.17, 15) is 4.79 Å². The van der Waals surface area contributed by atoms with Gasteiger partial charge in [0.05, 0.1) is 0 Å². The molecule has 2 fully saturated rings. The highest BCUT2D eigenvalue weighted by atomic mass is 16.5. The Morgan fingerprint density at radius 2 is 1.20 bits per heavy atom. The molecule has 2 aromatic carbocycles. The van der Waals surface area contributed by atoms with Crippen molar-refractivity contribution in [1.82, 2.24) is 9.80 Å². The number of rotatable bonds is 4. The van der Waals surface area contributed by atoms with Gasteiger partial charge < -0.3 is 19.3 Å². The van der Waals surface area contributed by atoms with Gasteiger partial charge in [-0.3, -0.25) is 4.79 Å². The van der Waals surface area contributed by atoms with Gasteiger partial charge in [0, 0.05) is 24.2 Å². The Bertz CT molecular complexity index is 882. The molecule has 2 atom stereocenters. The zero-order chi connectivity index (χ0) is 20.7. The van der Waals surface area contributed by atoms with E-state index in [4.69, 9.17) is 9.47 Å². The predicted molar refractivity (Wildman–Crippen MR) is 118 cm³/mol. The number of ketones is 1. The molecule has 2 aliphatic heterocycles. The number of likely N-dealkylation sites (tertiary alicyclic amines) is 2. The third-order valence-corrected chi connectivity index (χ3v) is 6.53. The number of piperidine rings is 2. The second kappa shape index (κ2) is 8.05. The minimum atomic E-state index is 0.0671. The molecule has 3 aliphatic rings. The average Bonchev–Trinajstić information content (AvgIpc) is 3.00. The van der Waals surface area contributed by atoms with Crippen LogP contribution >= 0.6 is 0 Å². The normalized spacial score (nSPS) is 24.4. The number of carbonyl (C=O) groups is 1. The summed E-state index contributed by atoms with van der Waals surface area (Å²) >= 11 is 0. The summed E-state index contributed by atoms with van der Waals surface area (Å²) in [5, 5.41) is 0. The third-order valence-electron chi connectivity index (χ3n) is 6.53. The zero-order valence-corrected chi connectivity index (χ0v) is 17.9. The van der Waals surface area contributed by atoms with Gasteiger partial charge in [0.25, 0.3) is 0 Å². The van der Waals surface area contributed by atoms with Crippen LogP contribution in [-0.2, 0) is 0 Å². The Kier molecular flexibility index (Phi) is 5.25. The molecule has 158 valence electrons. The van der Waals surface area contributed by atoms with Gasteiger partial charge >= 0.3 is 0 Å². The van der Waals surface area contributed by atoms with Gasteiger partial charge in [-0.1, -0.05) is 0 Å². The van der Waals surface area contributed by atoms with Crippen LogP contribution in [0.1, 0.15) is 41.6 Å². The van der Waals surface area contributed by atoms with E-state index in [2.05, 4.69) is 23.9 Å². The van der Waals surface area contributed by atoms with Gasteiger partial charge in [-0.25, -0.2) is 0 Å². The number of hydrogen-bond acceptors (Lipinski definition) is 5. The van der Waals surface area contributed by atoms with Crippen molar-refractivity contribution < 1.29 is 14.3 Å². The zero-order valence-electron chi connectivity index (χ0n) is 17.9. The van der Waals surface area contributed by atoms with E-state index in [-0.39, 0.29) is 18.0 Å². The number of nitrogens with zero attached hydrogens (tertiary/aromatic N) is 2. The van der Waals surface area contributed by atoms with Crippen LogP contribution in [0, 0.1) is 0 Å². The van der Waals surface area contributed by atoms with Crippen molar-refractivity contribution in [2.45, 2.75) is 37.9 Å². The van der Waals surface area contributed by atoms with E-state index >= 15 is 0 Å². The fraction of sp³-hybridized carbons (Fsp3) is 0.480. The lowest BCUT2D eigenvalue weighted by Crippen LogP contribution is -2.38. The number of benzene rings is 2. The van der Waals surface area contributed by atoms with Crippen molar-refractivity contribution in [1.29, 1.82) is 0 Å². The van der Waals surface area contributed by atoms with Crippen molar-refractivity contribution >= 4 is 5.78 Å². The smallest absolute Gasteiger partial charge is 0.194 e. The summed E-state index contributed by atoms with van der Waals surface area (Å²) in [5.74, 6) is 1.64. The molecule has 0 bridgehead atoms. The van der Waals surface area contributed by atoms with Crippen LogP contribution in [0.25, 0.3) is 11.1 Å². The molecule has 5 rings (SSSR count). The quantitative estimate of drug-likeness (QED) is 0.659. The summed E-state index contributed by atoms with van der Waals surface area (Å²) in [6, 6.07) is 11.9. The molecule has 5 heteroatoms. The van der Waals surface area contributed by atoms with Crippen LogP contribution in [0.15, 0.2) is 36.4 Å². The Balaban J connectivity index is 1.34. The first-order chi connectivity index (χ1) is 14.6. The van der Waals surface area contributed by atoms with E-state index in [0.717, 1.165) is 85.6 Å². The summed E-state index contributed by atoms with van der Waals surface area (Å²) in [7, 11) is 4.26. The molecule has 30 heavy (non-hydrogen) atoms. The molecule has 0 spiro atoms. The molecule has 0 aromatic heterocycles. The fourth-order valence-electron chi connectivity index (χ4n) is 5.00. The van der Waals surface area contributed by atoms with Gasteiger partial charge in [-0.2, -0.15) is 0 Å². The first-order valence-electron chi connectivity index (χ1n) is 11.1. The molecule has 1 aliphatic carbocycles. The van der Waals surface area contributed by atoms with Crippen molar-refractivity contribution in [3.63, 3.8) is 0 Å². The SMILES string of the molecule is CN1CCCC(Oc2ccc3c(c2)C(=O)c2cc(OC4CCCN(C)C4)ccc2-3)C1. The van der Waals surface area contributed by atoms with Crippen molar-refractivity contribution in [2.75, 3.05) is 40.3 Å². The lowest BCUT2D eigenvalue weighted by atomic mass is 10.1. The molecule has 2 saturated heterocycles. The number of hydrogen-bond donors (Lipinski definition) is 0. The van der Waals surface area contributed by atoms with Gasteiger partial charge in [0.15, 0.2) is 5.78 Å². The number of carbonyl (C=O) groups excluding carboxylic acids is 1. The van der Waals surface area contributed by atoms with E-state index in [1.807, 2.05) is 36.4 Å². The van der Waals surface area contributed by atoms with Gasteiger partial charge in [0.1, 0.15) is 23.7 Å². The number of ether oxygens (including phenoxy) is 2. The highest BCUT2D eigenvalue weighted by Gasteiger charge is 2.29. The monoisotopic (exact) mass is 406 g/mol. The van der Waals surface area contributed by atoms with Crippen LogP contribution in [0.4, 0.5) is 0 Å². The first kappa shape index (κ1) is 19.6. The summed E-state index contributed by atoms with van der Waals surface area (Å²) in [5.41, 5.74) is 3.46. The molecular formula is C25H30N2O3. The van der Waals surface area contributed by atoms with E-state index in [1.54, 1.807) is 0 Å². The second-order valence-corrected chi connectivity index (χ2v) is 9.03. The van der Waals surface area contributed by atoms with Gasteiger partial charge in [-0.15, -0.1) is 0 Å². The molecule has 5 nitrogen and oxygen atoms in total. The Morgan fingerprint density at radius 1 is 0.733 bits per heavy atom. The second-order valence-electron chi connectivity index (χ2n) is 9.03. The van der Waals surface area contributed by atoms with Crippen LogP contribution in [0.2, 0.25) is 0 Å². The minimum absolute atomic E-state index is 0.0671. The van der Waals surface area contributed by atoms with E-state index < -0.39 is 0 Å². The summed E-state index contributed by atoms with van der Waals surface area (Å²) in [6.07, 6.45) is 4.80. The summed E-state index contributed by atoms with van der Waals surface area (Å²) in [4.78, 5) is 17.8. The minimum Gasteiger partial charge on any atom is -0.489 e. The molecule has 0 radical (unpaired) electrons. The molecule has 2 heterocycles. The first-order valence-corrected chi connectivity index (χ1v) is 11.1. The molecule has 0 N–H and O–H groups in total. The topological polar surface area (TPSA) is 42.0 Å². The maximum atomic E-state index is 13.2. The molecule has 2 unspecified atom stereocenters. The van der Waals surface area contributed by atoms with Crippen molar-refractivity contribution in [3.8, 4) is 22.6 Å². The molecule has 0 saturated carbocycles. The Hall–Kier alpha value is -2.37. The van der Waals surface area contributed by atoms with E-state index in [0.29, 0.717) is 0 Å². The Morgan fingerprint density at radius 3 is 1.63 bits per heavy atom. The van der Waals surface area contributed by atoms with Crippen LogP contribution in [-0.4, -0.2) is 68.1 Å². The maximum absolute atomic E-state index is 13.2. The summed E-state index contributed by atoms with van der Waals surface area (Å²) in [6.45, 7) is 4.11. The summed E-state index contributed by atoms with van der Waals surface area (Å²) < 4.78 is 12.4. The van der Waals surface area contributed by atoms with Crippen molar-refractivity contribution in [2.24, 2.45) is 0 Å². The maximum Gasteiger partial charge on any atom is 0.194 e. The molecule has 0 amide bonds. The van der Waals surface area contributed by atoms with Crippen LogP contribution in [0.3, 0.4) is 0 Å². The standard InChI is InChI=1S/C25H30N2O3/c1-26-11-3-5-19(15-26)29-17-7-9-21-22-10-8-18(14-24(22)25(28)23(21)13-17)30-20-6-4-12-27(2)16-20/h7-10,13-14,19-20H,3-6,11-12,15-16H2,1-2H3. The average molecular weight is 407 g/mol. The van der Waals surface area contributed by atoms with Crippen LogP contribution < -0.4 is 9.47 Å². The van der Waals surface area contributed by atoms with E-state index in [1.165, 1.54) is 0 Å². The van der Waals surface area contributed by atoms with Crippen molar-refractivity contribution in [3.05, 3.63) is 47.5 Å².